The number of nitrogens with two attached hydrogens (primary N) is 1. The van der Waals surface area contributed by atoms with Crippen LogP contribution in [-0.4, -0.2) is 25.5 Å². The topological polar surface area (TPSA) is 67.8 Å². The van der Waals surface area contributed by atoms with Crippen LogP contribution < -0.4 is 5.73 Å². The predicted molar refractivity (Wildman–Crippen MR) is 109 cm³/mol. The normalized spacial score (nSPS) is 14.5. The van der Waals surface area contributed by atoms with Gasteiger partial charge < -0.3 is 15.4 Å². The van der Waals surface area contributed by atoms with Crippen LogP contribution in [-0.2, 0) is 10.8 Å². The van der Waals surface area contributed by atoms with E-state index in [1.54, 1.807) is 0 Å². The highest BCUT2D eigenvalue weighted by Gasteiger charge is 2.39. The van der Waals surface area contributed by atoms with E-state index >= 15 is 0 Å². The Morgan fingerprint density at radius 2 is 1.72 bits per heavy atom. The molecule has 0 radical (unpaired) electrons. The largest absolute Gasteiger partial charge is 0.409 e. The lowest BCUT2D eigenvalue weighted by molar-refractivity contribution is 0.216. The first-order chi connectivity index (χ1) is 11.7. The molecule has 25 heavy (non-hydrogen) atoms. The Balaban J connectivity index is 2.39. The number of amidine groups is 1. The third-order valence-corrected chi connectivity index (χ3v) is 9.70. The van der Waals surface area contributed by atoms with Gasteiger partial charge in [0.05, 0.1) is 0 Å². The zero-order valence-electron chi connectivity index (χ0n) is 16.6. The predicted octanol–water partition coefficient (Wildman–Crippen LogP) is 5.32. The molecule has 0 fully saturated rings. The first-order valence-electron chi connectivity index (χ1n) is 9.36. The van der Waals surface area contributed by atoms with Crippen molar-refractivity contribution in [2.45, 2.75) is 83.5 Å². The molecule has 5 heteroatoms. The summed E-state index contributed by atoms with van der Waals surface area (Å²) in [4.78, 5) is 0. The van der Waals surface area contributed by atoms with E-state index in [9.17, 15) is 0 Å². The third kappa shape index (κ3) is 7.61. The van der Waals surface area contributed by atoms with Gasteiger partial charge >= 0.3 is 0 Å². The molecule has 0 aliphatic heterocycles. The van der Waals surface area contributed by atoms with E-state index in [-0.39, 0.29) is 17.0 Å². The van der Waals surface area contributed by atoms with Crippen LogP contribution in [0.5, 0.6) is 0 Å². The molecule has 1 unspecified atom stereocenters. The van der Waals surface area contributed by atoms with Crippen LogP contribution in [0.4, 0.5) is 0 Å². The first kappa shape index (κ1) is 21.7. The molecule has 3 N–H and O–H groups in total. The molecule has 1 atom stereocenters. The first-order valence-corrected chi connectivity index (χ1v) is 12.3. The fourth-order valence-corrected chi connectivity index (χ4v) is 3.82. The lowest BCUT2D eigenvalue weighted by Crippen LogP contribution is -2.47. The Morgan fingerprint density at radius 1 is 1.12 bits per heavy atom. The summed E-state index contributed by atoms with van der Waals surface area (Å²) in [6.07, 6.45) is 6.23. The zero-order valence-corrected chi connectivity index (χ0v) is 17.6. The molecule has 0 heterocycles. The monoisotopic (exact) mass is 364 g/mol. The number of oxime groups is 1. The van der Waals surface area contributed by atoms with Gasteiger partial charge in [0.25, 0.3) is 0 Å². The van der Waals surface area contributed by atoms with E-state index in [0.717, 1.165) is 25.7 Å². The van der Waals surface area contributed by atoms with Crippen LogP contribution in [0.15, 0.2) is 35.5 Å². The van der Waals surface area contributed by atoms with Gasteiger partial charge in [-0.3, -0.25) is 0 Å². The van der Waals surface area contributed by atoms with Crippen molar-refractivity contribution in [1.82, 2.24) is 0 Å². The summed E-state index contributed by atoms with van der Waals surface area (Å²) in [5, 5.41) is 12.4. The summed E-state index contributed by atoms with van der Waals surface area (Å²) in [5.41, 5.74) is 7.28. The van der Waals surface area contributed by atoms with Crippen molar-refractivity contribution < 1.29 is 9.63 Å². The SMILES string of the molecule is CC(C)(C)[Si](C)(C)OC(CCCCCCc1ccccc1)C(N)=NO. The second-order valence-corrected chi connectivity index (χ2v) is 13.1. The van der Waals surface area contributed by atoms with Crippen LogP contribution in [0.1, 0.15) is 58.4 Å². The van der Waals surface area contributed by atoms with Crippen molar-refractivity contribution in [3.05, 3.63) is 35.9 Å². The minimum atomic E-state index is -1.94. The highest BCUT2D eigenvalue weighted by atomic mass is 28.4. The minimum absolute atomic E-state index is 0.108. The Morgan fingerprint density at radius 3 is 2.28 bits per heavy atom. The number of rotatable bonds is 10. The molecule has 0 spiro atoms. The number of benzene rings is 1. The van der Waals surface area contributed by atoms with Gasteiger partial charge in [-0.2, -0.15) is 0 Å². The molecule has 1 aromatic rings. The second kappa shape index (κ2) is 9.97. The molecule has 4 nitrogen and oxygen atoms in total. The molecular formula is C20H36N2O2Si. The Labute approximate surface area is 154 Å². The van der Waals surface area contributed by atoms with E-state index in [4.69, 9.17) is 15.4 Å². The highest BCUT2D eigenvalue weighted by molar-refractivity contribution is 6.74. The molecule has 0 bridgehead atoms. The number of aryl methyl sites for hydroxylation is 1. The molecular weight excluding hydrogens is 328 g/mol. The molecule has 1 aromatic carbocycles. The van der Waals surface area contributed by atoms with Crippen LogP contribution >= 0.6 is 0 Å². The zero-order chi connectivity index (χ0) is 18.9. The maximum Gasteiger partial charge on any atom is 0.193 e. The average Bonchev–Trinajstić information content (AvgIpc) is 2.56. The van der Waals surface area contributed by atoms with Crippen LogP contribution in [0.2, 0.25) is 18.1 Å². The van der Waals surface area contributed by atoms with Crippen molar-refractivity contribution >= 4 is 14.2 Å². The van der Waals surface area contributed by atoms with E-state index in [0.29, 0.717) is 0 Å². The van der Waals surface area contributed by atoms with Crippen molar-refractivity contribution in [3.63, 3.8) is 0 Å². The van der Waals surface area contributed by atoms with E-state index in [2.05, 4.69) is 69.4 Å². The molecule has 142 valence electrons. The average molecular weight is 365 g/mol. The smallest absolute Gasteiger partial charge is 0.193 e. The summed E-state index contributed by atoms with van der Waals surface area (Å²) in [6.45, 7) is 11.0. The fourth-order valence-electron chi connectivity index (χ4n) is 2.52. The van der Waals surface area contributed by atoms with Crippen molar-refractivity contribution in [3.8, 4) is 0 Å². The van der Waals surface area contributed by atoms with E-state index < -0.39 is 8.32 Å². The number of hydrogen-bond donors (Lipinski definition) is 2. The van der Waals surface area contributed by atoms with Gasteiger partial charge in [0.15, 0.2) is 14.2 Å². The summed E-state index contributed by atoms with van der Waals surface area (Å²) >= 11 is 0. The van der Waals surface area contributed by atoms with Gasteiger partial charge in [-0.1, -0.05) is 75.5 Å². The van der Waals surface area contributed by atoms with Gasteiger partial charge in [-0.15, -0.1) is 0 Å². The molecule has 0 amide bonds. The quantitative estimate of drug-likeness (QED) is 0.147. The van der Waals surface area contributed by atoms with Crippen molar-refractivity contribution in [2.24, 2.45) is 10.9 Å². The van der Waals surface area contributed by atoms with Gasteiger partial charge in [0.2, 0.25) is 0 Å². The molecule has 0 aliphatic carbocycles. The van der Waals surface area contributed by atoms with Crippen LogP contribution in [0, 0.1) is 0 Å². The summed E-state index contributed by atoms with van der Waals surface area (Å²) in [6, 6.07) is 10.6. The maximum atomic E-state index is 9.07. The molecule has 0 saturated heterocycles. The van der Waals surface area contributed by atoms with Gasteiger partial charge in [0, 0.05) is 0 Å². The maximum absolute atomic E-state index is 9.07. The lowest BCUT2D eigenvalue weighted by atomic mass is 10.0. The van der Waals surface area contributed by atoms with Crippen LogP contribution in [0.25, 0.3) is 0 Å². The number of nitrogens with zero attached hydrogens (tertiary/aromatic N) is 1. The minimum Gasteiger partial charge on any atom is -0.409 e. The Hall–Kier alpha value is -1.33. The lowest BCUT2D eigenvalue weighted by Gasteiger charge is -2.39. The molecule has 0 aliphatic rings. The summed E-state index contributed by atoms with van der Waals surface area (Å²) in [5.74, 6) is 0.203. The van der Waals surface area contributed by atoms with E-state index in [1.807, 2.05) is 0 Å². The summed E-state index contributed by atoms with van der Waals surface area (Å²) < 4.78 is 6.35. The fraction of sp³-hybridized carbons (Fsp3) is 0.650. The molecule has 1 rings (SSSR count). The van der Waals surface area contributed by atoms with Gasteiger partial charge in [-0.05, 0) is 43.0 Å². The van der Waals surface area contributed by atoms with Crippen molar-refractivity contribution in [1.29, 1.82) is 0 Å². The third-order valence-electron chi connectivity index (χ3n) is 5.21. The van der Waals surface area contributed by atoms with Gasteiger partial charge in [-0.25, -0.2) is 0 Å². The second-order valence-electron chi connectivity index (χ2n) is 8.33. The standard InChI is InChI=1S/C20H36N2O2Si/c1-20(2,3)25(4,5)24-18(19(21)22-23)16-12-7-6-9-13-17-14-10-8-11-15-17/h8,10-11,14-15,18,23H,6-7,9,12-13,16H2,1-5H3,(H2,21,22). The highest BCUT2D eigenvalue weighted by Crippen LogP contribution is 2.37. The van der Waals surface area contributed by atoms with Crippen molar-refractivity contribution in [2.75, 3.05) is 0 Å². The number of hydrogen-bond acceptors (Lipinski definition) is 3. The molecule has 0 saturated carbocycles. The Bertz CT molecular complexity index is 524. The van der Waals surface area contributed by atoms with Gasteiger partial charge in [0.1, 0.15) is 6.10 Å². The Kier molecular flexibility index (Phi) is 8.66. The van der Waals surface area contributed by atoms with Crippen LogP contribution in [0.3, 0.4) is 0 Å². The van der Waals surface area contributed by atoms with E-state index in [1.165, 1.54) is 18.4 Å². The molecule has 0 aromatic heterocycles. The summed E-state index contributed by atoms with van der Waals surface area (Å²) in [7, 11) is -1.94. The number of unbranched alkanes of at least 4 members (excludes halogenated alkanes) is 3.